The van der Waals surface area contributed by atoms with Gasteiger partial charge in [-0.2, -0.15) is 0 Å². The molecule has 0 radical (unpaired) electrons. The molecule has 3 rings (SSSR count). The van der Waals surface area contributed by atoms with Crippen LogP contribution in [0.3, 0.4) is 0 Å². The molecular formula is C20H26N4O3S. The Balaban J connectivity index is 1.60. The molecule has 1 aliphatic rings. The van der Waals surface area contributed by atoms with Crippen molar-refractivity contribution in [1.82, 2.24) is 10.3 Å². The van der Waals surface area contributed by atoms with Gasteiger partial charge in [0.05, 0.1) is 36.6 Å². The number of ether oxygens (including phenoxy) is 1. The minimum atomic E-state index is -0.332. The maximum Gasteiger partial charge on any atom is 0.226 e. The summed E-state index contributed by atoms with van der Waals surface area (Å²) in [4.78, 5) is 31.6. The van der Waals surface area contributed by atoms with Gasteiger partial charge in [-0.25, -0.2) is 4.98 Å². The highest BCUT2D eigenvalue weighted by Gasteiger charge is 2.23. The first-order chi connectivity index (χ1) is 13.4. The smallest absolute Gasteiger partial charge is 0.226 e. The van der Waals surface area contributed by atoms with Crippen LogP contribution < -0.4 is 15.5 Å². The number of pyridine rings is 1. The van der Waals surface area contributed by atoms with Crippen LogP contribution in [-0.2, 0) is 14.3 Å². The maximum absolute atomic E-state index is 12.5. The summed E-state index contributed by atoms with van der Waals surface area (Å²) in [6, 6.07) is 7.25. The average molecular weight is 403 g/mol. The van der Waals surface area contributed by atoms with Crippen molar-refractivity contribution in [2.45, 2.75) is 45.4 Å². The van der Waals surface area contributed by atoms with Crippen molar-refractivity contribution in [2.75, 3.05) is 23.3 Å². The first kappa shape index (κ1) is 20.3. The van der Waals surface area contributed by atoms with Crippen LogP contribution in [-0.4, -0.2) is 42.1 Å². The number of morpholine rings is 1. The normalized spacial score (nSPS) is 20.5. The van der Waals surface area contributed by atoms with Gasteiger partial charge in [0, 0.05) is 24.9 Å². The van der Waals surface area contributed by atoms with Crippen LogP contribution in [0.5, 0.6) is 0 Å². The van der Waals surface area contributed by atoms with E-state index in [1.54, 1.807) is 6.20 Å². The number of thiophene rings is 1. The Hall–Kier alpha value is -2.45. The summed E-state index contributed by atoms with van der Waals surface area (Å²) in [6.45, 7) is 7.14. The Bertz CT molecular complexity index is 784. The number of nitrogens with one attached hydrogen (secondary N) is 2. The van der Waals surface area contributed by atoms with Crippen LogP contribution in [0.1, 0.15) is 38.1 Å². The number of anilines is 2. The zero-order valence-electron chi connectivity index (χ0n) is 16.3. The van der Waals surface area contributed by atoms with Gasteiger partial charge in [-0.05, 0) is 37.4 Å². The molecule has 150 valence electrons. The lowest BCUT2D eigenvalue weighted by Crippen LogP contribution is -2.45. The maximum atomic E-state index is 12.5. The Morgan fingerprint density at radius 1 is 1.29 bits per heavy atom. The van der Waals surface area contributed by atoms with Gasteiger partial charge in [0.2, 0.25) is 11.8 Å². The molecule has 2 amide bonds. The molecule has 2 aromatic rings. The van der Waals surface area contributed by atoms with Crippen LogP contribution in [0, 0.1) is 0 Å². The number of amides is 2. The summed E-state index contributed by atoms with van der Waals surface area (Å²) in [5.74, 6) is 0.538. The summed E-state index contributed by atoms with van der Waals surface area (Å²) < 4.78 is 5.75. The van der Waals surface area contributed by atoms with Crippen molar-refractivity contribution >= 4 is 34.7 Å². The van der Waals surface area contributed by atoms with Crippen LogP contribution in [0.15, 0.2) is 35.8 Å². The third-order valence-electron chi connectivity index (χ3n) is 4.43. The molecule has 1 fully saturated rings. The molecule has 3 atom stereocenters. The molecule has 0 bridgehead atoms. The number of nitrogens with zero attached hydrogens (tertiary/aromatic N) is 2. The zero-order chi connectivity index (χ0) is 20.1. The molecule has 2 N–H and O–H groups in total. The SMILES string of the molecule is CC(=O)N[C@H](CC(=O)Nc1ccc(N2C[C@@H](C)O[C@H](C)C2)nc1)c1cccs1. The molecule has 0 aromatic carbocycles. The Kier molecular flexibility index (Phi) is 6.64. The van der Waals surface area contributed by atoms with Gasteiger partial charge in [0.1, 0.15) is 5.82 Å². The van der Waals surface area contributed by atoms with Gasteiger partial charge < -0.3 is 20.3 Å². The van der Waals surface area contributed by atoms with Crippen LogP contribution in [0.4, 0.5) is 11.5 Å². The predicted octanol–water partition coefficient (Wildman–Crippen LogP) is 2.96. The molecule has 0 aliphatic carbocycles. The summed E-state index contributed by atoms with van der Waals surface area (Å²) in [5.41, 5.74) is 0.635. The third-order valence-corrected chi connectivity index (χ3v) is 5.41. The van der Waals surface area contributed by atoms with E-state index in [-0.39, 0.29) is 36.5 Å². The molecule has 1 aliphatic heterocycles. The van der Waals surface area contributed by atoms with E-state index in [9.17, 15) is 9.59 Å². The molecule has 3 heterocycles. The summed E-state index contributed by atoms with van der Waals surface area (Å²) >= 11 is 1.52. The quantitative estimate of drug-likeness (QED) is 0.776. The molecule has 0 unspecified atom stereocenters. The largest absolute Gasteiger partial charge is 0.372 e. The molecule has 1 saturated heterocycles. The lowest BCUT2D eigenvalue weighted by molar-refractivity contribution is -0.120. The fraction of sp³-hybridized carbons (Fsp3) is 0.450. The molecule has 28 heavy (non-hydrogen) atoms. The number of rotatable bonds is 6. The minimum absolute atomic E-state index is 0.160. The number of carbonyl (C=O) groups is 2. The molecule has 2 aromatic heterocycles. The van der Waals surface area contributed by atoms with Crippen LogP contribution in [0.25, 0.3) is 0 Å². The molecular weight excluding hydrogens is 376 g/mol. The van der Waals surface area contributed by atoms with Crippen LogP contribution >= 0.6 is 11.3 Å². The van der Waals surface area contributed by atoms with E-state index in [4.69, 9.17) is 4.74 Å². The zero-order valence-corrected chi connectivity index (χ0v) is 17.2. The minimum Gasteiger partial charge on any atom is -0.372 e. The molecule has 7 nitrogen and oxygen atoms in total. The number of hydrogen-bond donors (Lipinski definition) is 2. The van der Waals surface area contributed by atoms with Gasteiger partial charge in [0.25, 0.3) is 0 Å². The van der Waals surface area contributed by atoms with Gasteiger partial charge in [-0.15, -0.1) is 11.3 Å². The van der Waals surface area contributed by atoms with Crippen LogP contribution in [0.2, 0.25) is 0 Å². The Labute approximate surface area is 169 Å². The lowest BCUT2D eigenvalue weighted by Gasteiger charge is -2.36. The second-order valence-electron chi connectivity index (χ2n) is 7.09. The van der Waals surface area contributed by atoms with Crippen molar-refractivity contribution in [3.8, 4) is 0 Å². The van der Waals surface area contributed by atoms with Gasteiger partial charge in [0.15, 0.2) is 0 Å². The Morgan fingerprint density at radius 3 is 2.61 bits per heavy atom. The topological polar surface area (TPSA) is 83.6 Å². The monoisotopic (exact) mass is 402 g/mol. The van der Waals surface area contributed by atoms with E-state index in [0.29, 0.717) is 5.69 Å². The fourth-order valence-corrected chi connectivity index (χ4v) is 4.15. The Morgan fingerprint density at radius 2 is 2.04 bits per heavy atom. The standard InChI is InChI=1S/C20H26N4O3S/c1-13-11-24(12-14(2)27-13)19-7-6-16(10-21-19)23-20(26)9-17(22-15(3)25)18-5-4-8-28-18/h4-8,10,13-14,17H,9,11-12H2,1-3H3,(H,22,25)(H,23,26)/t13-,14-,17-/m1/s1. The van der Waals surface area contributed by atoms with E-state index in [1.807, 2.05) is 29.6 Å². The highest BCUT2D eigenvalue weighted by molar-refractivity contribution is 7.10. The first-order valence-electron chi connectivity index (χ1n) is 9.37. The third kappa shape index (κ3) is 5.53. The van der Waals surface area contributed by atoms with Crippen molar-refractivity contribution in [2.24, 2.45) is 0 Å². The van der Waals surface area contributed by atoms with Crippen molar-refractivity contribution in [3.63, 3.8) is 0 Å². The predicted molar refractivity (Wildman–Crippen MR) is 111 cm³/mol. The second-order valence-corrected chi connectivity index (χ2v) is 8.07. The van der Waals surface area contributed by atoms with E-state index < -0.39 is 0 Å². The van der Waals surface area contributed by atoms with E-state index in [0.717, 1.165) is 23.8 Å². The molecule has 8 heteroatoms. The highest BCUT2D eigenvalue weighted by atomic mass is 32.1. The summed E-state index contributed by atoms with van der Waals surface area (Å²) in [5, 5.41) is 7.63. The van der Waals surface area contributed by atoms with Gasteiger partial charge >= 0.3 is 0 Å². The highest BCUT2D eigenvalue weighted by Crippen LogP contribution is 2.23. The summed E-state index contributed by atoms with van der Waals surface area (Å²) in [6.07, 6.45) is 2.15. The molecule has 0 spiro atoms. The fourth-order valence-electron chi connectivity index (χ4n) is 3.37. The van der Waals surface area contributed by atoms with Gasteiger partial charge in [-0.1, -0.05) is 6.07 Å². The number of hydrogen-bond acceptors (Lipinski definition) is 6. The van der Waals surface area contributed by atoms with Crippen molar-refractivity contribution in [3.05, 3.63) is 40.7 Å². The van der Waals surface area contributed by atoms with E-state index >= 15 is 0 Å². The first-order valence-corrected chi connectivity index (χ1v) is 10.3. The average Bonchev–Trinajstić information content (AvgIpc) is 3.15. The van der Waals surface area contributed by atoms with Crippen molar-refractivity contribution in [1.29, 1.82) is 0 Å². The second kappa shape index (κ2) is 9.16. The lowest BCUT2D eigenvalue weighted by atomic mass is 10.1. The summed E-state index contributed by atoms with van der Waals surface area (Å²) in [7, 11) is 0. The van der Waals surface area contributed by atoms with Crippen molar-refractivity contribution < 1.29 is 14.3 Å². The van der Waals surface area contributed by atoms with Gasteiger partial charge in [-0.3, -0.25) is 9.59 Å². The molecule has 0 saturated carbocycles. The van der Waals surface area contributed by atoms with E-state index in [1.165, 1.54) is 18.3 Å². The number of aromatic nitrogens is 1. The number of carbonyl (C=O) groups excluding carboxylic acids is 2. The van der Waals surface area contributed by atoms with E-state index in [2.05, 4.69) is 34.4 Å².